The van der Waals surface area contributed by atoms with Gasteiger partial charge in [-0.2, -0.15) is 0 Å². The Morgan fingerprint density at radius 2 is 2.04 bits per heavy atom. The van der Waals surface area contributed by atoms with Gasteiger partial charge in [-0.3, -0.25) is 4.79 Å². The summed E-state index contributed by atoms with van der Waals surface area (Å²) in [7, 11) is -3.55. The summed E-state index contributed by atoms with van der Waals surface area (Å²) in [5.41, 5.74) is 0.385. The molecular formula is C17H26ClN3O3S. The average molecular weight is 388 g/mol. The largest absolute Gasteiger partial charge is 0.349 e. The lowest BCUT2D eigenvalue weighted by molar-refractivity contribution is 0.0925. The molecule has 0 aromatic heterocycles. The Kier molecular flexibility index (Phi) is 6.85. The molecule has 2 aliphatic rings. The van der Waals surface area contributed by atoms with Crippen molar-refractivity contribution in [3.05, 3.63) is 29.8 Å². The molecule has 1 saturated carbocycles. The molecule has 25 heavy (non-hydrogen) atoms. The van der Waals surface area contributed by atoms with Crippen LogP contribution in [0.25, 0.3) is 0 Å². The number of piperidine rings is 1. The molecule has 1 aliphatic heterocycles. The van der Waals surface area contributed by atoms with Crippen LogP contribution in [0.3, 0.4) is 0 Å². The number of rotatable bonds is 6. The average Bonchev–Trinajstić information content (AvgIpc) is 3.38. The highest BCUT2D eigenvalue weighted by atomic mass is 35.5. The van der Waals surface area contributed by atoms with E-state index >= 15 is 0 Å². The molecule has 2 atom stereocenters. The maximum absolute atomic E-state index is 12.4. The molecule has 0 spiro atoms. The molecule has 1 aromatic rings. The highest BCUT2D eigenvalue weighted by Crippen LogP contribution is 2.28. The molecule has 8 heteroatoms. The van der Waals surface area contributed by atoms with Crippen molar-refractivity contribution in [1.82, 2.24) is 15.4 Å². The number of nitrogens with one attached hydrogen (secondary N) is 3. The Morgan fingerprint density at radius 1 is 1.28 bits per heavy atom. The van der Waals surface area contributed by atoms with Crippen LogP contribution in [0, 0.1) is 5.92 Å². The van der Waals surface area contributed by atoms with E-state index < -0.39 is 10.0 Å². The zero-order chi connectivity index (χ0) is 17.2. The molecule has 1 saturated heterocycles. The molecule has 140 valence electrons. The third kappa shape index (κ3) is 5.67. The van der Waals surface area contributed by atoms with Crippen LogP contribution in [0.5, 0.6) is 0 Å². The number of hydrogen-bond acceptors (Lipinski definition) is 4. The highest BCUT2D eigenvalue weighted by molar-refractivity contribution is 7.89. The van der Waals surface area contributed by atoms with Crippen LogP contribution in [0.2, 0.25) is 0 Å². The predicted molar refractivity (Wildman–Crippen MR) is 99.6 cm³/mol. The Labute approximate surface area is 155 Å². The molecule has 1 aliphatic carbocycles. The van der Waals surface area contributed by atoms with Gasteiger partial charge in [0.05, 0.1) is 4.90 Å². The van der Waals surface area contributed by atoms with Crippen LogP contribution in [-0.2, 0) is 10.0 Å². The van der Waals surface area contributed by atoms with Crippen LogP contribution in [-0.4, -0.2) is 39.5 Å². The monoisotopic (exact) mass is 387 g/mol. The maximum atomic E-state index is 12.4. The zero-order valence-electron chi connectivity index (χ0n) is 14.3. The Morgan fingerprint density at radius 3 is 2.72 bits per heavy atom. The molecule has 0 radical (unpaired) electrons. The number of sulfonamides is 1. The molecule has 1 heterocycles. The van der Waals surface area contributed by atoms with Gasteiger partial charge in [0.2, 0.25) is 10.0 Å². The highest BCUT2D eigenvalue weighted by Gasteiger charge is 2.25. The van der Waals surface area contributed by atoms with Crippen molar-refractivity contribution in [3.8, 4) is 0 Å². The van der Waals surface area contributed by atoms with E-state index in [1.54, 1.807) is 12.1 Å². The minimum atomic E-state index is -3.55. The summed E-state index contributed by atoms with van der Waals surface area (Å²) < 4.78 is 27.3. The molecule has 3 rings (SSSR count). The van der Waals surface area contributed by atoms with Crippen molar-refractivity contribution in [2.45, 2.75) is 49.6 Å². The number of hydrogen-bond donors (Lipinski definition) is 3. The lowest BCUT2D eigenvalue weighted by Crippen LogP contribution is -2.46. The van der Waals surface area contributed by atoms with E-state index in [1.165, 1.54) is 12.1 Å². The van der Waals surface area contributed by atoms with Gasteiger partial charge in [-0.05, 0) is 63.3 Å². The smallest absolute Gasteiger partial charge is 0.251 e. The molecule has 2 fully saturated rings. The van der Waals surface area contributed by atoms with Crippen LogP contribution in [0.15, 0.2) is 29.2 Å². The summed E-state index contributed by atoms with van der Waals surface area (Å²) >= 11 is 0. The SMILES string of the molecule is CC1CC(NC(=O)c2cccc(S(=O)(=O)NCC3CC3)c2)CCN1.Cl. The van der Waals surface area contributed by atoms with Gasteiger partial charge in [-0.25, -0.2) is 13.1 Å². The first kappa shape index (κ1) is 20.2. The van der Waals surface area contributed by atoms with Crippen LogP contribution in [0.4, 0.5) is 0 Å². The first-order valence-electron chi connectivity index (χ1n) is 8.58. The van der Waals surface area contributed by atoms with Gasteiger partial charge in [0.1, 0.15) is 0 Å². The summed E-state index contributed by atoms with van der Waals surface area (Å²) in [6.07, 6.45) is 3.93. The van der Waals surface area contributed by atoms with Gasteiger partial charge >= 0.3 is 0 Å². The van der Waals surface area contributed by atoms with Crippen molar-refractivity contribution >= 4 is 28.3 Å². The maximum Gasteiger partial charge on any atom is 0.251 e. The molecule has 0 bridgehead atoms. The fraction of sp³-hybridized carbons (Fsp3) is 0.588. The second-order valence-electron chi connectivity index (χ2n) is 6.87. The molecular weight excluding hydrogens is 362 g/mol. The quantitative estimate of drug-likeness (QED) is 0.692. The third-order valence-corrected chi connectivity index (χ3v) is 6.05. The van der Waals surface area contributed by atoms with E-state index in [1.807, 2.05) is 0 Å². The normalized spacial score (nSPS) is 23.6. The molecule has 1 aromatic carbocycles. The third-order valence-electron chi connectivity index (χ3n) is 4.62. The van der Waals surface area contributed by atoms with Crippen LogP contribution < -0.4 is 15.4 Å². The van der Waals surface area contributed by atoms with Crippen molar-refractivity contribution in [1.29, 1.82) is 0 Å². The lowest BCUT2D eigenvalue weighted by atomic mass is 10.0. The summed E-state index contributed by atoms with van der Waals surface area (Å²) in [6, 6.07) is 6.75. The van der Waals surface area contributed by atoms with E-state index in [0.29, 0.717) is 24.1 Å². The van der Waals surface area contributed by atoms with Gasteiger partial charge in [0.15, 0.2) is 0 Å². The van der Waals surface area contributed by atoms with Gasteiger partial charge < -0.3 is 10.6 Å². The number of carbonyl (C=O) groups excluding carboxylic acids is 1. The standard InChI is InChI=1S/C17H25N3O3S.ClH/c1-12-9-15(7-8-18-12)20-17(21)14-3-2-4-16(10-14)24(22,23)19-11-13-5-6-13;/h2-4,10,12-13,15,18-19H,5-9,11H2,1H3,(H,20,21);1H. The van der Waals surface area contributed by atoms with E-state index in [2.05, 4.69) is 22.3 Å². The number of amides is 1. The van der Waals surface area contributed by atoms with E-state index in [0.717, 1.165) is 32.2 Å². The molecule has 3 N–H and O–H groups in total. The van der Waals surface area contributed by atoms with E-state index in [4.69, 9.17) is 0 Å². The van der Waals surface area contributed by atoms with Crippen molar-refractivity contribution in [2.24, 2.45) is 5.92 Å². The number of benzene rings is 1. The minimum absolute atomic E-state index is 0. The van der Waals surface area contributed by atoms with Gasteiger partial charge in [-0.15, -0.1) is 12.4 Å². The van der Waals surface area contributed by atoms with Gasteiger partial charge in [-0.1, -0.05) is 6.07 Å². The predicted octanol–water partition coefficient (Wildman–Crippen LogP) is 1.67. The van der Waals surface area contributed by atoms with Crippen molar-refractivity contribution in [3.63, 3.8) is 0 Å². The van der Waals surface area contributed by atoms with Crippen molar-refractivity contribution < 1.29 is 13.2 Å². The fourth-order valence-electron chi connectivity index (χ4n) is 2.97. The van der Waals surface area contributed by atoms with Crippen molar-refractivity contribution in [2.75, 3.05) is 13.1 Å². The zero-order valence-corrected chi connectivity index (χ0v) is 16.0. The fourth-order valence-corrected chi connectivity index (χ4v) is 4.13. The topological polar surface area (TPSA) is 87.3 Å². The molecule has 1 amide bonds. The summed E-state index contributed by atoms with van der Waals surface area (Å²) in [4.78, 5) is 12.6. The summed E-state index contributed by atoms with van der Waals surface area (Å²) in [6.45, 7) is 3.45. The van der Waals surface area contributed by atoms with Gasteiger partial charge in [0, 0.05) is 24.2 Å². The lowest BCUT2D eigenvalue weighted by Gasteiger charge is -2.28. The van der Waals surface area contributed by atoms with Crippen LogP contribution >= 0.6 is 12.4 Å². The Bertz CT molecular complexity index is 707. The van der Waals surface area contributed by atoms with Gasteiger partial charge in [0.25, 0.3) is 5.91 Å². The Hall–Kier alpha value is -1.15. The number of carbonyl (C=O) groups is 1. The number of halogens is 1. The molecule has 6 nitrogen and oxygen atoms in total. The second kappa shape index (κ2) is 8.49. The first-order chi connectivity index (χ1) is 11.4. The van der Waals surface area contributed by atoms with Crippen LogP contribution in [0.1, 0.15) is 43.0 Å². The van der Waals surface area contributed by atoms with E-state index in [9.17, 15) is 13.2 Å². The summed E-state index contributed by atoms with van der Waals surface area (Å²) in [5.74, 6) is 0.251. The minimum Gasteiger partial charge on any atom is -0.349 e. The first-order valence-corrected chi connectivity index (χ1v) is 10.1. The Balaban J connectivity index is 0.00000225. The summed E-state index contributed by atoms with van der Waals surface area (Å²) in [5, 5.41) is 6.35. The molecule has 2 unspecified atom stereocenters. The second-order valence-corrected chi connectivity index (χ2v) is 8.64. The van der Waals surface area contributed by atoms with E-state index in [-0.39, 0.29) is 29.3 Å².